The molecule has 0 bridgehead atoms. The summed E-state index contributed by atoms with van der Waals surface area (Å²) in [5.74, 6) is 0.890. The highest BCUT2D eigenvalue weighted by Gasteiger charge is 2.18. The zero-order valence-electron chi connectivity index (χ0n) is 7.69. The zero-order valence-corrected chi connectivity index (χ0v) is 7.69. The second-order valence-electron chi connectivity index (χ2n) is 3.18. The number of hydrogen-bond donors (Lipinski definition) is 2. The van der Waals surface area contributed by atoms with E-state index in [1.54, 1.807) is 0 Å². The van der Waals surface area contributed by atoms with Crippen LogP contribution in [0.3, 0.4) is 0 Å². The van der Waals surface area contributed by atoms with Crippen LogP contribution in [-0.4, -0.2) is 17.7 Å². The summed E-state index contributed by atoms with van der Waals surface area (Å²) in [4.78, 5) is 0. The van der Waals surface area contributed by atoms with E-state index in [4.69, 9.17) is 10.0 Å². The average Bonchev–Trinajstić information content (AvgIpc) is 2.04. The molecular formula is C10H15BO2. The molecule has 0 atom stereocenters. The van der Waals surface area contributed by atoms with E-state index < -0.39 is 7.69 Å². The third kappa shape index (κ3) is 3.21. The van der Waals surface area contributed by atoms with Crippen molar-refractivity contribution in [1.82, 2.24) is 0 Å². The number of hydrogen-bond acceptors (Lipinski definition) is 2. The van der Waals surface area contributed by atoms with Crippen molar-refractivity contribution in [3.63, 3.8) is 0 Å². The molecule has 1 fully saturated rings. The standard InChI is InChI=1S/C10H12.BH3O2/c1-2-5-9(6-3-1)10-7-4-8-10;2-1-3/h1-3,5-6,10H,4,7-8H2;1-3H. The average molecular weight is 178 g/mol. The molecule has 1 aromatic rings. The van der Waals surface area contributed by atoms with Gasteiger partial charge >= 0.3 is 7.69 Å². The smallest absolute Gasteiger partial charge is 0.430 e. The molecule has 0 spiro atoms. The normalized spacial score (nSPS) is 15.2. The van der Waals surface area contributed by atoms with E-state index in [0.717, 1.165) is 5.92 Å². The molecule has 0 aromatic heterocycles. The second kappa shape index (κ2) is 5.78. The van der Waals surface area contributed by atoms with Gasteiger partial charge in [-0.15, -0.1) is 0 Å². The Morgan fingerprint density at radius 1 is 1.08 bits per heavy atom. The van der Waals surface area contributed by atoms with Gasteiger partial charge in [0.15, 0.2) is 0 Å². The Morgan fingerprint density at radius 3 is 2.00 bits per heavy atom. The van der Waals surface area contributed by atoms with Crippen LogP contribution in [0.4, 0.5) is 0 Å². The minimum Gasteiger partial charge on any atom is -0.430 e. The third-order valence-electron chi connectivity index (χ3n) is 2.38. The molecule has 70 valence electrons. The van der Waals surface area contributed by atoms with Gasteiger partial charge in [0, 0.05) is 0 Å². The van der Waals surface area contributed by atoms with Crippen molar-refractivity contribution < 1.29 is 10.0 Å². The molecule has 0 aliphatic heterocycles. The lowest BCUT2D eigenvalue weighted by Crippen LogP contribution is -2.07. The Labute approximate surface area is 79.5 Å². The third-order valence-corrected chi connectivity index (χ3v) is 2.38. The Bertz CT molecular complexity index is 222. The molecule has 1 aromatic carbocycles. The van der Waals surface area contributed by atoms with Crippen molar-refractivity contribution in [2.75, 3.05) is 0 Å². The van der Waals surface area contributed by atoms with Crippen LogP contribution < -0.4 is 0 Å². The molecule has 1 saturated carbocycles. The molecule has 0 saturated heterocycles. The molecule has 13 heavy (non-hydrogen) atoms. The van der Waals surface area contributed by atoms with Crippen molar-refractivity contribution >= 4 is 7.69 Å². The maximum atomic E-state index is 7.12. The maximum absolute atomic E-state index is 7.12. The molecule has 1 aliphatic carbocycles. The first-order valence-corrected chi connectivity index (χ1v) is 4.65. The van der Waals surface area contributed by atoms with Crippen LogP contribution in [0.2, 0.25) is 0 Å². The van der Waals surface area contributed by atoms with Gasteiger partial charge in [-0.2, -0.15) is 0 Å². The largest absolute Gasteiger partial charge is 0.432 e. The lowest BCUT2D eigenvalue weighted by molar-refractivity contribution is 0.420. The highest BCUT2D eigenvalue weighted by atomic mass is 16.4. The van der Waals surface area contributed by atoms with Crippen LogP contribution in [0.5, 0.6) is 0 Å². The Morgan fingerprint density at radius 2 is 1.62 bits per heavy atom. The van der Waals surface area contributed by atoms with Gasteiger partial charge in [-0.3, -0.25) is 0 Å². The topological polar surface area (TPSA) is 40.5 Å². The lowest BCUT2D eigenvalue weighted by atomic mass is 9.80. The molecule has 1 aliphatic rings. The van der Waals surface area contributed by atoms with Gasteiger partial charge < -0.3 is 10.0 Å². The van der Waals surface area contributed by atoms with Gasteiger partial charge in [0.05, 0.1) is 0 Å². The summed E-state index contributed by atoms with van der Waals surface area (Å²) < 4.78 is 0. The quantitative estimate of drug-likeness (QED) is 0.634. The van der Waals surface area contributed by atoms with E-state index in [0.29, 0.717) is 0 Å². The summed E-state index contributed by atoms with van der Waals surface area (Å²) in [7, 11) is -0.750. The van der Waals surface area contributed by atoms with Gasteiger partial charge in [-0.1, -0.05) is 36.8 Å². The minimum atomic E-state index is -0.750. The fraction of sp³-hybridized carbons (Fsp3) is 0.400. The molecule has 0 heterocycles. The SMILES string of the molecule is OBO.c1ccc(C2CCC2)cc1. The monoisotopic (exact) mass is 178 g/mol. The minimum absolute atomic E-state index is 0.750. The first kappa shape index (κ1) is 10.3. The van der Waals surface area contributed by atoms with Crippen molar-refractivity contribution in [1.29, 1.82) is 0 Å². The molecule has 0 unspecified atom stereocenters. The first-order chi connectivity index (χ1) is 6.38. The highest BCUT2D eigenvalue weighted by molar-refractivity contribution is 6.13. The summed E-state index contributed by atoms with van der Waals surface area (Å²) in [5.41, 5.74) is 1.54. The van der Waals surface area contributed by atoms with Gasteiger partial charge in [-0.05, 0) is 24.3 Å². The molecule has 3 heteroatoms. The molecule has 0 radical (unpaired) electrons. The van der Waals surface area contributed by atoms with Crippen LogP contribution in [0, 0.1) is 0 Å². The predicted octanol–water partition coefficient (Wildman–Crippen LogP) is 1.19. The van der Waals surface area contributed by atoms with E-state index >= 15 is 0 Å². The van der Waals surface area contributed by atoms with Crippen molar-refractivity contribution in [3.05, 3.63) is 35.9 Å². The fourth-order valence-electron chi connectivity index (χ4n) is 1.47. The van der Waals surface area contributed by atoms with Crippen LogP contribution in [-0.2, 0) is 0 Å². The van der Waals surface area contributed by atoms with Gasteiger partial charge in [-0.25, -0.2) is 0 Å². The Hall–Kier alpha value is -0.795. The Kier molecular flexibility index (Phi) is 4.58. The van der Waals surface area contributed by atoms with Crippen LogP contribution in [0.15, 0.2) is 30.3 Å². The van der Waals surface area contributed by atoms with Gasteiger partial charge in [0.1, 0.15) is 0 Å². The number of rotatable bonds is 1. The Balaban J connectivity index is 0.000000251. The van der Waals surface area contributed by atoms with E-state index in [1.165, 1.54) is 24.8 Å². The van der Waals surface area contributed by atoms with E-state index in [9.17, 15) is 0 Å². The first-order valence-electron chi connectivity index (χ1n) is 4.65. The predicted molar refractivity (Wildman–Crippen MR) is 54.6 cm³/mol. The van der Waals surface area contributed by atoms with Gasteiger partial charge in [0.2, 0.25) is 0 Å². The fourth-order valence-corrected chi connectivity index (χ4v) is 1.47. The highest BCUT2D eigenvalue weighted by Crippen LogP contribution is 2.35. The molecular weight excluding hydrogens is 163 g/mol. The van der Waals surface area contributed by atoms with Crippen molar-refractivity contribution in [2.45, 2.75) is 25.2 Å². The van der Waals surface area contributed by atoms with E-state index in [-0.39, 0.29) is 0 Å². The molecule has 0 amide bonds. The second-order valence-corrected chi connectivity index (χ2v) is 3.18. The van der Waals surface area contributed by atoms with Crippen LogP contribution in [0.1, 0.15) is 30.7 Å². The zero-order chi connectivity index (χ0) is 9.52. The van der Waals surface area contributed by atoms with Gasteiger partial charge in [0.25, 0.3) is 0 Å². The lowest BCUT2D eigenvalue weighted by Gasteiger charge is -2.25. The summed E-state index contributed by atoms with van der Waals surface area (Å²) in [6.45, 7) is 0. The summed E-state index contributed by atoms with van der Waals surface area (Å²) in [6.07, 6.45) is 4.24. The van der Waals surface area contributed by atoms with E-state index in [1.807, 2.05) is 0 Å². The van der Waals surface area contributed by atoms with Crippen molar-refractivity contribution in [2.24, 2.45) is 0 Å². The summed E-state index contributed by atoms with van der Waals surface area (Å²) in [5, 5.41) is 14.2. The van der Waals surface area contributed by atoms with Crippen LogP contribution in [0.25, 0.3) is 0 Å². The molecule has 2 rings (SSSR count). The van der Waals surface area contributed by atoms with Crippen LogP contribution >= 0.6 is 0 Å². The summed E-state index contributed by atoms with van der Waals surface area (Å²) in [6, 6.07) is 10.8. The maximum Gasteiger partial charge on any atom is 0.432 e. The molecule has 2 nitrogen and oxygen atoms in total. The molecule has 2 N–H and O–H groups in total. The summed E-state index contributed by atoms with van der Waals surface area (Å²) >= 11 is 0. The van der Waals surface area contributed by atoms with E-state index in [2.05, 4.69) is 30.3 Å². The number of benzene rings is 1. The van der Waals surface area contributed by atoms with Crippen molar-refractivity contribution in [3.8, 4) is 0 Å².